The third-order valence-electron chi connectivity index (χ3n) is 9.57. The summed E-state index contributed by atoms with van der Waals surface area (Å²) in [6, 6.07) is 5.94. The molecule has 2 saturated carbocycles. The van der Waals surface area contributed by atoms with Gasteiger partial charge in [-0.2, -0.15) is 11.6 Å². The van der Waals surface area contributed by atoms with E-state index in [9.17, 15) is 20.4 Å². The van der Waals surface area contributed by atoms with Crippen LogP contribution in [0.25, 0.3) is 0 Å². The SMILES string of the molecule is CCCCC1O[C-](CCc2ccc(O)c(OCC(O)[C+]3C=C4C(=N3)CCC3CCCC3C4CNCC(C)O)c2)C=C1CO. The van der Waals surface area contributed by atoms with Crippen LogP contribution in [0.1, 0.15) is 77.2 Å². The van der Waals surface area contributed by atoms with Crippen molar-refractivity contribution in [2.75, 3.05) is 26.3 Å². The monoisotopic (exact) mass is 594 g/mol. The van der Waals surface area contributed by atoms with Crippen LogP contribution in [0.2, 0.25) is 0 Å². The summed E-state index contributed by atoms with van der Waals surface area (Å²) in [6.45, 7) is 5.32. The molecule has 6 unspecified atom stereocenters. The molecule has 2 heterocycles. The van der Waals surface area contributed by atoms with Crippen molar-refractivity contribution >= 4 is 5.71 Å². The molecule has 0 amide bonds. The maximum atomic E-state index is 11.1. The Bertz CT molecular complexity index is 1160. The summed E-state index contributed by atoms with van der Waals surface area (Å²) < 4.78 is 12.0. The second-order valence-corrected chi connectivity index (χ2v) is 12.8. The average molecular weight is 595 g/mol. The minimum absolute atomic E-state index is 0.00784. The third kappa shape index (κ3) is 7.97. The Morgan fingerprint density at radius 1 is 1.23 bits per heavy atom. The number of aliphatic hydroxyl groups is 3. The van der Waals surface area contributed by atoms with E-state index in [1.54, 1.807) is 13.0 Å². The number of nitrogens with zero attached hydrogens (tertiary/aromatic N) is 1. The minimum atomic E-state index is -0.912. The first-order chi connectivity index (χ1) is 20.9. The van der Waals surface area contributed by atoms with Crippen LogP contribution in [-0.4, -0.2) is 70.8 Å². The molecule has 2 aliphatic carbocycles. The minimum Gasteiger partial charge on any atom is -0.504 e. The third-order valence-corrected chi connectivity index (χ3v) is 9.57. The van der Waals surface area contributed by atoms with Gasteiger partial charge < -0.3 is 35.2 Å². The lowest BCUT2D eigenvalue weighted by Crippen LogP contribution is -2.34. The molecule has 1 aromatic rings. The van der Waals surface area contributed by atoms with Crippen molar-refractivity contribution in [1.29, 1.82) is 0 Å². The lowest BCUT2D eigenvalue weighted by Gasteiger charge is -2.24. The molecule has 8 heteroatoms. The van der Waals surface area contributed by atoms with Gasteiger partial charge in [0.25, 0.3) is 0 Å². The fraction of sp³-hybridized carbons (Fsp3) is 0.629. The number of nitrogens with one attached hydrogen (secondary N) is 1. The van der Waals surface area contributed by atoms with Crippen LogP contribution in [0.4, 0.5) is 0 Å². The van der Waals surface area contributed by atoms with E-state index in [4.69, 9.17) is 14.5 Å². The van der Waals surface area contributed by atoms with Crippen LogP contribution in [0.3, 0.4) is 0 Å². The molecule has 0 radical (unpaired) electrons. The van der Waals surface area contributed by atoms with Crippen molar-refractivity contribution in [2.45, 2.75) is 96.4 Å². The highest BCUT2D eigenvalue weighted by molar-refractivity contribution is 6.04. The van der Waals surface area contributed by atoms with Gasteiger partial charge in [-0.3, -0.25) is 0 Å². The number of unbranched alkanes of at least 4 members (excludes halogenated alkanes) is 1. The number of phenolic OH excluding ortho intramolecular Hbond substituents is 1. The van der Waals surface area contributed by atoms with Crippen molar-refractivity contribution in [3.8, 4) is 11.5 Å². The Kier molecular flexibility index (Phi) is 11.1. The highest BCUT2D eigenvalue weighted by Gasteiger charge is 2.47. The molecule has 0 bridgehead atoms. The molecule has 4 aliphatic rings. The van der Waals surface area contributed by atoms with E-state index < -0.39 is 6.10 Å². The van der Waals surface area contributed by atoms with E-state index in [0.29, 0.717) is 48.9 Å². The van der Waals surface area contributed by atoms with Gasteiger partial charge in [-0.05, 0) is 62.1 Å². The maximum Gasteiger partial charge on any atom is 0.189 e. The fourth-order valence-electron chi connectivity index (χ4n) is 7.26. The molecule has 0 spiro atoms. The highest BCUT2D eigenvalue weighted by Crippen LogP contribution is 2.47. The van der Waals surface area contributed by atoms with Gasteiger partial charge in [0, 0.05) is 32.2 Å². The quantitative estimate of drug-likeness (QED) is 0.185. The Morgan fingerprint density at radius 3 is 2.88 bits per heavy atom. The number of ether oxygens (including phenoxy) is 2. The maximum absolute atomic E-state index is 11.1. The van der Waals surface area contributed by atoms with Gasteiger partial charge in [-0.15, -0.1) is 4.99 Å². The first-order valence-electron chi connectivity index (χ1n) is 16.4. The van der Waals surface area contributed by atoms with Crippen LogP contribution < -0.4 is 10.1 Å². The Hall–Kier alpha value is -2.49. The zero-order valence-electron chi connectivity index (χ0n) is 25.8. The number of rotatable bonds is 15. The number of benzene rings is 1. The molecule has 0 aromatic heterocycles. The van der Waals surface area contributed by atoms with Gasteiger partial charge in [0.1, 0.15) is 12.2 Å². The molecule has 5 N–H and O–H groups in total. The number of aliphatic hydroxyl groups excluding tert-OH is 3. The molecular weight excluding hydrogens is 544 g/mol. The molecule has 2 aliphatic heterocycles. The smallest absolute Gasteiger partial charge is 0.189 e. The topological polar surface area (TPSA) is 124 Å². The van der Waals surface area contributed by atoms with E-state index in [0.717, 1.165) is 61.6 Å². The molecule has 0 saturated heterocycles. The zero-order chi connectivity index (χ0) is 30.3. The second kappa shape index (κ2) is 15.0. The lowest BCUT2D eigenvalue weighted by atomic mass is 9.80. The molecule has 5 rings (SSSR count). The predicted molar refractivity (Wildman–Crippen MR) is 168 cm³/mol. The van der Waals surface area contributed by atoms with Gasteiger partial charge in [0.05, 0.1) is 18.1 Å². The lowest BCUT2D eigenvalue weighted by molar-refractivity contribution is 0.103. The van der Waals surface area contributed by atoms with Crippen LogP contribution in [-0.2, 0) is 11.2 Å². The summed E-state index contributed by atoms with van der Waals surface area (Å²) in [5.41, 5.74) is 4.25. The summed E-state index contributed by atoms with van der Waals surface area (Å²) in [7, 11) is 0. The van der Waals surface area contributed by atoms with Crippen LogP contribution in [0, 0.1) is 29.9 Å². The van der Waals surface area contributed by atoms with E-state index in [2.05, 4.69) is 18.3 Å². The summed E-state index contributed by atoms with van der Waals surface area (Å²) >= 11 is 0. The number of aromatic hydroxyl groups is 1. The fourth-order valence-corrected chi connectivity index (χ4v) is 7.26. The molecular formula is C35H50N2O6. The number of aryl methyl sites for hydroxylation is 1. The largest absolute Gasteiger partial charge is 0.504 e. The Labute approximate surface area is 256 Å². The number of hydrogen-bond donors (Lipinski definition) is 5. The van der Waals surface area contributed by atoms with Gasteiger partial charge in [0.15, 0.2) is 29.4 Å². The van der Waals surface area contributed by atoms with E-state index in [-0.39, 0.29) is 31.2 Å². The number of fused-ring (bicyclic) bond motifs is 2. The standard InChI is InChI=1S/C35H50N2O6/c1-3-4-8-34-25(20-38)16-26(43-34)12-9-23-10-14-32(40)35(15-23)42-21-33(41)31-17-28-29(19-36-18-22(2)39)27-7-5-6-24(27)11-13-30(28)37-31/h10,14-17,22,24,27,29,33-34,36,38-41H,3-9,11-13,18-21H2,1-2H3. The van der Waals surface area contributed by atoms with Gasteiger partial charge in [-0.25, -0.2) is 0 Å². The molecule has 2 fully saturated rings. The molecule has 43 heavy (non-hydrogen) atoms. The van der Waals surface area contributed by atoms with Crippen molar-refractivity contribution in [2.24, 2.45) is 22.7 Å². The van der Waals surface area contributed by atoms with Crippen molar-refractivity contribution in [1.82, 2.24) is 5.32 Å². The average Bonchev–Trinajstić information content (AvgIpc) is 3.72. The van der Waals surface area contributed by atoms with Crippen LogP contribution >= 0.6 is 0 Å². The van der Waals surface area contributed by atoms with Crippen molar-refractivity contribution < 1.29 is 29.9 Å². The molecule has 6 atom stereocenters. The van der Waals surface area contributed by atoms with E-state index in [1.165, 1.54) is 24.8 Å². The van der Waals surface area contributed by atoms with E-state index in [1.807, 2.05) is 18.2 Å². The van der Waals surface area contributed by atoms with Crippen LogP contribution in [0.5, 0.6) is 11.5 Å². The van der Waals surface area contributed by atoms with Gasteiger partial charge in [0.2, 0.25) is 0 Å². The number of hydrogen-bond acceptors (Lipinski definition) is 8. The highest BCUT2D eigenvalue weighted by atomic mass is 16.5. The summed E-state index contributed by atoms with van der Waals surface area (Å²) in [5, 5.41) is 44.5. The normalized spacial score (nSPS) is 26.4. The van der Waals surface area contributed by atoms with Gasteiger partial charge >= 0.3 is 0 Å². The number of aliphatic imine (C=N–C) groups is 1. The van der Waals surface area contributed by atoms with E-state index >= 15 is 0 Å². The Balaban J connectivity index is 1.18. The van der Waals surface area contributed by atoms with Gasteiger partial charge in [-0.1, -0.05) is 51.2 Å². The summed E-state index contributed by atoms with van der Waals surface area (Å²) in [5.74, 6) is 2.02. The number of phenols is 1. The predicted octanol–water partition coefficient (Wildman–Crippen LogP) is 4.81. The van der Waals surface area contributed by atoms with Crippen molar-refractivity contribution in [3.05, 3.63) is 59.2 Å². The Morgan fingerprint density at radius 2 is 2.09 bits per heavy atom. The van der Waals surface area contributed by atoms with Crippen LogP contribution in [0.15, 0.2) is 46.5 Å². The zero-order valence-corrected chi connectivity index (χ0v) is 25.8. The first kappa shape index (κ1) is 31.9. The first-order valence-corrected chi connectivity index (χ1v) is 16.4. The van der Waals surface area contributed by atoms with Crippen molar-refractivity contribution in [3.63, 3.8) is 0 Å². The molecule has 8 nitrogen and oxygen atoms in total. The molecule has 1 aromatic carbocycles. The molecule has 236 valence electrons. The summed E-state index contributed by atoms with van der Waals surface area (Å²) in [4.78, 5) is 4.89. The second-order valence-electron chi connectivity index (χ2n) is 12.8. The summed E-state index contributed by atoms with van der Waals surface area (Å²) in [6.07, 6.45) is 13.9.